The van der Waals surface area contributed by atoms with Crippen molar-refractivity contribution in [3.05, 3.63) is 50.8 Å². The van der Waals surface area contributed by atoms with Gasteiger partial charge in [-0.2, -0.15) is 0 Å². The lowest BCUT2D eigenvalue weighted by Crippen LogP contribution is -2.36. The van der Waals surface area contributed by atoms with Crippen molar-refractivity contribution < 1.29 is 9.53 Å². The molecule has 0 spiro atoms. The van der Waals surface area contributed by atoms with Gasteiger partial charge >= 0.3 is 0 Å². The Morgan fingerprint density at radius 1 is 1.25 bits per heavy atom. The zero-order valence-corrected chi connectivity index (χ0v) is 18.0. The van der Waals surface area contributed by atoms with Gasteiger partial charge in [-0.3, -0.25) is 9.69 Å². The van der Waals surface area contributed by atoms with Gasteiger partial charge < -0.3 is 15.0 Å². The van der Waals surface area contributed by atoms with E-state index in [1.54, 1.807) is 0 Å². The Kier molecular flexibility index (Phi) is 5.71. The Morgan fingerprint density at radius 2 is 2.04 bits per heavy atom. The van der Waals surface area contributed by atoms with Crippen LogP contribution in [0.3, 0.4) is 0 Å². The van der Waals surface area contributed by atoms with Gasteiger partial charge in [0.15, 0.2) is 0 Å². The van der Waals surface area contributed by atoms with Crippen LogP contribution in [-0.4, -0.2) is 48.6 Å². The number of nitrogens with one attached hydrogen (secondary N) is 2. The number of morpholine rings is 1. The maximum atomic E-state index is 12.5. The lowest BCUT2D eigenvalue weighted by molar-refractivity contribution is -0.110. The predicted octanol–water partition coefficient (Wildman–Crippen LogP) is 4.15. The van der Waals surface area contributed by atoms with E-state index >= 15 is 0 Å². The minimum atomic E-state index is -0.0476. The summed E-state index contributed by atoms with van der Waals surface area (Å²) in [6.07, 6.45) is 4.16. The molecule has 0 radical (unpaired) electrons. The van der Waals surface area contributed by atoms with Crippen molar-refractivity contribution >= 4 is 39.2 Å². The number of hydrogen-bond donors (Lipinski definition) is 2. The van der Waals surface area contributed by atoms with Crippen molar-refractivity contribution in [1.82, 2.24) is 9.88 Å². The Morgan fingerprint density at radius 3 is 2.82 bits per heavy atom. The van der Waals surface area contributed by atoms with Gasteiger partial charge in [0.2, 0.25) is 0 Å². The second-order valence-electron chi connectivity index (χ2n) is 7.53. The zero-order valence-electron chi connectivity index (χ0n) is 16.4. The summed E-state index contributed by atoms with van der Waals surface area (Å²) in [6, 6.07) is 5.87. The van der Waals surface area contributed by atoms with E-state index < -0.39 is 0 Å². The van der Waals surface area contributed by atoms with Crippen LogP contribution in [0.4, 0.5) is 5.69 Å². The largest absolute Gasteiger partial charge is 0.379 e. The number of amides is 1. The van der Waals surface area contributed by atoms with Gasteiger partial charge in [-0.25, -0.2) is 0 Å². The number of aromatic amines is 1. The molecule has 2 aliphatic rings. The van der Waals surface area contributed by atoms with Crippen LogP contribution < -0.4 is 5.32 Å². The number of H-pyrrole nitrogens is 1. The number of fused-ring (bicyclic) bond motifs is 1. The van der Waals surface area contributed by atoms with Crippen LogP contribution in [0.1, 0.15) is 34.5 Å². The number of anilines is 1. The van der Waals surface area contributed by atoms with Crippen LogP contribution in [-0.2, 0) is 16.0 Å². The molecule has 0 saturated carbocycles. The van der Waals surface area contributed by atoms with Crippen LogP contribution in [0.2, 0.25) is 0 Å². The summed E-state index contributed by atoms with van der Waals surface area (Å²) >= 11 is 3.50. The van der Waals surface area contributed by atoms with E-state index in [9.17, 15) is 4.79 Å². The van der Waals surface area contributed by atoms with E-state index in [0.717, 1.165) is 67.1 Å². The van der Waals surface area contributed by atoms with Gasteiger partial charge in [0.25, 0.3) is 5.91 Å². The second-order valence-corrected chi connectivity index (χ2v) is 8.44. The van der Waals surface area contributed by atoms with Gasteiger partial charge in [-0.15, -0.1) is 0 Å². The first kappa shape index (κ1) is 19.4. The third-order valence-electron chi connectivity index (χ3n) is 5.69. The molecule has 1 fully saturated rings. The Labute approximate surface area is 174 Å². The molecule has 3 heterocycles. The van der Waals surface area contributed by atoms with Crippen molar-refractivity contribution in [2.45, 2.75) is 26.7 Å². The highest BCUT2D eigenvalue weighted by Gasteiger charge is 2.25. The number of carbonyl (C=O) groups is 1. The molecule has 2 aromatic rings. The molecule has 1 aromatic carbocycles. The second kappa shape index (κ2) is 8.23. The molecule has 2 aliphatic heterocycles. The first-order valence-electron chi connectivity index (χ1n) is 9.84. The van der Waals surface area contributed by atoms with Crippen LogP contribution in [0, 0.1) is 13.8 Å². The highest BCUT2D eigenvalue weighted by atomic mass is 79.9. The molecular weight excluding hydrogens is 418 g/mol. The fourth-order valence-electron chi connectivity index (χ4n) is 4.09. The fourth-order valence-corrected chi connectivity index (χ4v) is 4.45. The average molecular weight is 444 g/mol. The topological polar surface area (TPSA) is 57.4 Å². The van der Waals surface area contributed by atoms with E-state index in [4.69, 9.17) is 4.74 Å². The van der Waals surface area contributed by atoms with Gasteiger partial charge in [-0.1, -0.05) is 15.9 Å². The summed E-state index contributed by atoms with van der Waals surface area (Å²) in [6.45, 7) is 9.14. The zero-order chi connectivity index (χ0) is 19.7. The number of hydrogen-bond acceptors (Lipinski definition) is 3. The van der Waals surface area contributed by atoms with E-state index in [1.807, 2.05) is 24.3 Å². The van der Waals surface area contributed by atoms with Crippen LogP contribution in [0.25, 0.3) is 11.6 Å². The molecule has 2 N–H and O–H groups in total. The van der Waals surface area contributed by atoms with Crippen LogP contribution in [0.15, 0.2) is 22.7 Å². The maximum Gasteiger partial charge on any atom is 0.256 e. The summed E-state index contributed by atoms with van der Waals surface area (Å²) in [5.41, 5.74) is 7.35. The summed E-state index contributed by atoms with van der Waals surface area (Å²) in [5, 5.41) is 2.95. The molecule has 4 rings (SSSR count). The normalized spacial score (nSPS) is 18.5. The molecule has 0 aliphatic carbocycles. The monoisotopic (exact) mass is 443 g/mol. The summed E-state index contributed by atoms with van der Waals surface area (Å²) < 4.78 is 6.39. The molecule has 28 heavy (non-hydrogen) atoms. The molecule has 6 heteroatoms. The van der Waals surface area contributed by atoms with Gasteiger partial charge in [0.05, 0.1) is 18.8 Å². The lowest BCUT2D eigenvalue weighted by atomic mass is 10.0. The van der Waals surface area contributed by atoms with Crippen molar-refractivity contribution in [1.29, 1.82) is 0 Å². The number of ether oxygens (including phenoxy) is 1. The Bertz CT molecular complexity index is 926. The minimum absolute atomic E-state index is 0.0476. The highest BCUT2D eigenvalue weighted by molar-refractivity contribution is 9.10. The van der Waals surface area contributed by atoms with E-state index in [0.29, 0.717) is 5.57 Å². The molecule has 0 unspecified atom stereocenters. The van der Waals surface area contributed by atoms with E-state index in [-0.39, 0.29) is 5.91 Å². The van der Waals surface area contributed by atoms with Crippen molar-refractivity contribution in [2.75, 3.05) is 38.2 Å². The number of nitrogens with zero attached hydrogens (tertiary/aromatic N) is 1. The van der Waals surface area contributed by atoms with Crippen molar-refractivity contribution in [2.24, 2.45) is 0 Å². The quantitative estimate of drug-likeness (QED) is 0.682. The SMILES string of the molecule is Cc1[nH]c(/C=C2\C(=O)Nc3ccc(Br)cc32)c(C)c1CCCN1CCOCC1. The lowest BCUT2D eigenvalue weighted by Gasteiger charge is -2.26. The third kappa shape index (κ3) is 3.95. The summed E-state index contributed by atoms with van der Waals surface area (Å²) in [5.74, 6) is -0.0476. The molecule has 148 valence electrons. The van der Waals surface area contributed by atoms with Gasteiger partial charge in [-0.05, 0) is 68.6 Å². The standard InChI is InChI=1S/C22H26BrN3O2/c1-14-17(4-3-7-26-8-10-28-11-9-26)15(2)24-21(14)13-19-18-12-16(23)5-6-20(18)25-22(19)27/h5-6,12-13,24H,3-4,7-11H2,1-2H3,(H,25,27)/b19-13-. The van der Waals surface area contributed by atoms with Crippen LogP contribution >= 0.6 is 15.9 Å². The van der Waals surface area contributed by atoms with Gasteiger partial charge in [0.1, 0.15) is 0 Å². The minimum Gasteiger partial charge on any atom is -0.379 e. The maximum absolute atomic E-state index is 12.5. The van der Waals surface area contributed by atoms with E-state index in [1.165, 1.54) is 16.8 Å². The Hall–Kier alpha value is -1.89. The number of rotatable bonds is 5. The van der Waals surface area contributed by atoms with E-state index in [2.05, 4.69) is 45.0 Å². The highest BCUT2D eigenvalue weighted by Crippen LogP contribution is 2.35. The average Bonchev–Trinajstić information content (AvgIpc) is 3.13. The fraction of sp³-hybridized carbons (Fsp3) is 0.409. The Balaban J connectivity index is 1.52. The first-order chi connectivity index (χ1) is 13.5. The molecule has 1 aromatic heterocycles. The molecule has 1 saturated heterocycles. The molecule has 0 atom stereocenters. The van der Waals surface area contributed by atoms with Crippen molar-refractivity contribution in [3.8, 4) is 0 Å². The molecule has 5 nitrogen and oxygen atoms in total. The number of halogens is 1. The van der Waals surface area contributed by atoms with Gasteiger partial charge in [0, 0.05) is 40.2 Å². The van der Waals surface area contributed by atoms with Crippen LogP contribution in [0.5, 0.6) is 0 Å². The predicted molar refractivity (Wildman–Crippen MR) is 116 cm³/mol. The molecule has 0 bridgehead atoms. The first-order valence-corrected chi connectivity index (χ1v) is 10.6. The van der Waals surface area contributed by atoms with Crippen molar-refractivity contribution in [3.63, 3.8) is 0 Å². The molecular formula is C22H26BrN3O2. The summed E-state index contributed by atoms with van der Waals surface area (Å²) in [4.78, 5) is 18.4. The number of aryl methyl sites for hydroxylation is 1. The third-order valence-corrected chi connectivity index (χ3v) is 6.18. The molecule has 1 amide bonds. The smallest absolute Gasteiger partial charge is 0.256 e. The number of benzene rings is 1. The summed E-state index contributed by atoms with van der Waals surface area (Å²) in [7, 11) is 0. The number of carbonyl (C=O) groups excluding carboxylic acids is 1. The number of aromatic nitrogens is 1.